The van der Waals surface area contributed by atoms with Crippen molar-refractivity contribution in [2.24, 2.45) is 5.16 Å². The Morgan fingerprint density at radius 2 is 1.94 bits per heavy atom. The van der Waals surface area contributed by atoms with Crippen LogP contribution in [-0.2, 0) is 0 Å². The van der Waals surface area contributed by atoms with Gasteiger partial charge < -0.3 is 15.1 Å². The molecular formula is C26H20ClFN2O3S. The smallest absolute Gasteiger partial charge is 0.201 e. The normalized spacial score (nSPS) is 13.0. The van der Waals surface area contributed by atoms with Gasteiger partial charge in [0.25, 0.3) is 0 Å². The zero-order chi connectivity index (χ0) is 24.2. The number of carbonyl (C=O) groups excluding carboxylic acids is 1. The second-order valence-electron chi connectivity index (χ2n) is 7.71. The van der Waals surface area contributed by atoms with Crippen LogP contribution in [0.2, 0.25) is 5.02 Å². The van der Waals surface area contributed by atoms with E-state index in [2.05, 4.69) is 10.1 Å². The van der Waals surface area contributed by atoms with Crippen molar-refractivity contribution >= 4 is 33.8 Å². The predicted molar refractivity (Wildman–Crippen MR) is 130 cm³/mol. The highest BCUT2D eigenvalue weighted by atomic mass is 35.5. The molecule has 0 aliphatic heterocycles. The van der Waals surface area contributed by atoms with Crippen LogP contribution in [0.15, 0.2) is 83.5 Å². The van der Waals surface area contributed by atoms with E-state index in [4.69, 9.17) is 11.6 Å². The highest BCUT2D eigenvalue weighted by molar-refractivity contribution is 7.39. The van der Waals surface area contributed by atoms with Gasteiger partial charge in [0.05, 0.1) is 5.71 Å². The average Bonchev–Trinajstić information content (AvgIpc) is 3.31. The third kappa shape index (κ3) is 5.00. The van der Waals surface area contributed by atoms with Crippen LogP contribution in [0.5, 0.6) is 0 Å². The quantitative estimate of drug-likeness (QED) is 0.155. The van der Waals surface area contributed by atoms with Gasteiger partial charge in [0.15, 0.2) is 4.90 Å². The van der Waals surface area contributed by atoms with Gasteiger partial charge in [0, 0.05) is 51.4 Å². The Balaban J connectivity index is 1.75. The number of oxime groups is 1. The van der Waals surface area contributed by atoms with Gasteiger partial charge >= 0.3 is 0 Å². The Hall–Kier alpha value is -3.55. The summed E-state index contributed by atoms with van der Waals surface area (Å²) >= 11 is 5.97. The second-order valence-corrected chi connectivity index (χ2v) is 10.0. The third-order valence-corrected chi connectivity index (χ3v) is 7.74. The largest absolute Gasteiger partial charge is 0.540 e. The molecule has 2 heterocycles. The van der Waals surface area contributed by atoms with Gasteiger partial charge in [-0.05, 0) is 60.5 Å². The van der Waals surface area contributed by atoms with E-state index >= 15 is 0 Å². The predicted octanol–water partition coefficient (Wildman–Crippen LogP) is 5.68. The molecule has 0 radical (unpaired) electrons. The van der Waals surface area contributed by atoms with Gasteiger partial charge in [0.2, 0.25) is 4.88 Å². The molecule has 0 aliphatic rings. The summed E-state index contributed by atoms with van der Waals surface area (Å²) in [5, 5.41) is 26.8. The molecule has 2 atom stereocenters. The number of aromatic carboxylic acids is 1. The SMILES string of the molecule is Cc1cc(/C(CC(c2ccc(-[s+]3cccc3C(=O)[O-])cc2)c2ccc(Cl)cc2F)=N/O)ccn1. The summed E-state index contributed by atoms with van der Waals surface area (Å²) in [6.07, 6.45) is 1.84. The van der Waals surface area contributed by atoms with Gasteiger partial charge in [-0.1, -0.05) is 35.0 Å². The molecule has 34 heavy (non-hydrogen) atoms. The van der Waals surface area contributed by atoms with Gasteiger partial charge in [-0.25, -0.2) is 4.39 Å². The molecular weight excluding hydrogens is 475 g/mol. The number of rotatable bonds is 7. The molecule has 2 unspecified atom stereocenters. The number of aromatic nitrogens is 1. The summed E-state index contributed by atoms with van der Waals surface area (Å²) < 4.78 is 15.0. The molecule has 0 amide bonds. The van der Waals surface area contributed by atoms with E-state index in [1.54, 1.807) is 42.6 Å². The number of carboxylic acid groups (broad SMARTS) is 1. The molecule has 0 spiro atoms. The Kier molecular flexibility index (Phi) is 7.05. The minimum atomic E-state index is -1.20. The Labute approximate surface area is 203 Å². The maximum atomic E-state index is 15.0. The zero-order valence-electron chi connectivity index (χ0n) is 18.1. The van der Waals surface area contributed by atoms with E-state index in [0.717, 1.165) is 16.2 Å². The number of thiophene rings is 1. The number of carbonyl (C=O) groups is 1. The average molecular weight is 495 g/mol. The number of halogens is 2. The molecule has 1 N–H and O–H groups in total. The van der Waals surface area contributed by atoms with E-state index in [-0.39, 0.29) is 16.3 Å². The van der Waals surface area contributed by atoms with Crippen LogP contribution in [0.25, 0.3) is 4.90 Å². The molecule has 2 aromatic heterocycles. The number of benzene rings is 2. The summed E-state index contributed by atoms with van der Waals surface area (Å²) in [7, 11) is -0.720. The van der Waals surface area contributed by atoms with Gasteiger partial charge in [-0.15, -0.1) is 0 Å². The van der Waals surface area contributed by atoms with E-state index in [0.29, 0.717) is 16.8 Å². The van der Waals surface area contributed by atoms with Gasteiger partial charge in [0.1, 0.15) is 17.2 Å². The summed E-state index contributed by atoms with van der Waals surface area (Å²) in [6.45, 7) is 1.83. The lowest BCUT2D eigenvalue weighted by Gasteiger charge is -2.20. The number of aryl methyl sites for hydroxylation is 1. The van der Waals surface area contributed by atoms with Crippen molar-refractivity contribution in [2.75, 3.05) is 0 Å². The lowest BCUT2D eigenvalue weighted by atomic mass is 9.85. The fourth-order valence-corrected chi connectivity index (χ4v) is 5.67. The van der Waals surface area contributed by atoms with Crippen molar-refractivity contribution in [3.63, 3.8) is 0 Å². The fourth-order valence-electron chi connectivity index (χ4n) is 3.89. The monoisotopic (exact) mass is 494 g/mol. The molecule has 0 fully saturated rings. The lowest BCUT2D eigenvalue weighted by molar-refractivity contribution is -0.254. The van der Waals surface area contributed by atoms with Crippen LogP contribution in [0.4, 0.5) is 4.39 Å². The zero-order valence-corrected chi connectivity index (χ0v) is 19.7. The first-order valence-corrected chi connectivity index (χ1v) is 12.1. The molecule has 0 aliphatic carbocycles. The Morgan fingerprint density at radius 3 is 2.59 bits per heavy atom. The Morgan fingerprint density at radius 1 is 1.18 bits per heavy atom. The van der Waals surface area contributed by atoms with Crippen molar-refractivity contribution in [1.82, 2.24) is 4.98 Å². The van der Waals surface area contributed by atoms with Crippen molar-refractivity contribution < 1.29 is 19.5 Å². The van der Waals surface area contributed by atoms with Crippen molar-refractivity contribution in [3.05, 3.63) is 116 Å². The summed E-state index contributed by atoms with van der Waals surface area (Å²) in [5.41, 5.74) is 3.02. The van der Waals surface area contributed by atoms with Crippen LogP contribution < -0.4 is 5.11 Å². The van der Waals surface area contributed by atoms with Crippen molar-refractivity contribution in [3.8, 4) is 4.90 Å². The van der Waals surface area contributed by atoms with Crippen molar-refractivity contribution in [1.29, 1.82) is 0 Å². The minimum Gasteiger partial charge on any atom is -0.540 e. The minimum absolute atomic E-state index is 0.216. The van der Waals surface area contributed by atoms with E-state index in [9.17, 15) is 19.5 Å². The first-order valence-electron chi connectivity index (χ1n) is 10.4. The fraction of sp³-hybridized carbons (Fsp3) is 0.115. The molecule has 0 saturated carbocycles. The van der Waals surface area contributed by atoms with Crippen LogP contribution in [0.1, 0.15) is 44.4 Å². The highest BCUT2D eigenvalue weighted by Gasteiger charge is 2.24. The summed E-state index contributed by atoms with van der Waals surface area (Å²) in [6, 6.07) is 18.6. The van der Waals surface area contributed by atoms with Crippen molar-refractivity contribution in [2.45, 2.75) is 19.3 Å². The lowest BCUT2D eigenvalue weighted by Crippen LogP contribution is -2.21. The number of hydrogen-bond acceptors (Lipinski definition) is 5. The summed E-state index contributed by atoms with van der Waals surface area (Å²) in [4.78, 5) is 16.6. The standard InChI is InChI=1S/C26H20ClFN2O3S/c1-16-13-18(10-11-29-16)24(30-33)15-22(21-9-6-19(27)14-23(21)28)17-4-7-20(8-5-17)34-12-2-3-25(34)26(31)32/h2-14,22H,15H2,1H3,(H-,29,31,32,33). The van der Waals surface area contributed by atoms with Crippen LogP contribution in [0.3, 0.4) is 0 Å². The van der Waals surface area contributed by atoms with Gasteiger partial charge in [-0.2, -0.15) is 0 Å². The van der Waals surface area contributed by atoms with E-state index in [1.807, 2.05) is 36.6 Å². The topological polar surface area (TPSA) is 85.6 Å². The molecule has 4 rings (SSSR count). The molecule has 8 heteroatoms. The number of pyridine rings is 1. The third-order valence-electron chi connectivity index (χ3n) is 5.52. The first kappa shape index (κ1) is 23.6. The van der Waals surface area contributed by atoms with E-state index < -0.39 is 28.2 Å². The molecule has 0 saturated heterocycles. The van der Waals surface area contributed by atoms with Crippen LogP contribution in [-0.4, -0.2) is 21.9 Å². The number of nitrogens with zero attached hydrogens (tertiary/aromatic N) is 2. The van der Waals surface area contributed by atoms with Gasteiger partial charge in [-0.3, -0.25) is 4.98 Å². The second kappa shape index (κ2) is 10.2. The van der Waals surface area contributed by atoms with Crippen LogP contribution in [0, 0.1) is 12.7 Å². The maximum Gasteiger partial charge on any atom is 0.201 e. The highest BCUT2D eigenvalue weighted by Crippen LogP contribution is 2.38. The summed E-state index contributed by atoms with van der Waals surface area (Å²) in [5.74, 6) is -2.15. The number of hydrogen-bond donors (Lipinski definition) is 1. The van der Waals surface area contributed by atoms with Crippen LogP contribution >= 0.6 is 22.1 Å². The molecule has 5 nitrogen and oxygen atoms in total. The molecule has 2 aromatic carbocycles. The maximum absolute atomic E-state index is 15.0. The molecule has 172 valence electrons. The first-order chi connectivity index (χ1) is 16.4. The number of carboxylic acids is 1. The van der Waals surface area contributed by atoms with E-state index in [1.165, 1.54) is 6.07 Å². The Bertz CT molecular complexity index is 1370. The molecule has 4 aromatic rings. The molecule has 0 bridgehead atoms.